The van der Waals surface area contributed by atoms with Crippen LogP contribution in [-0.4, -0.2) is 71.1 Å². The van der Waals surface area contributed by atoms with Crippen molar-refractivity contribution in [1.82, 2.24) is 19.4 Å². The van der Waals surface area contributed by atoms with Gasteiger partial charge in [0.2, 0.25) is 11.8 Å². The van der Waals surface area contributed by atoms with Crippen LogP contribution >= 0.6 is 0 Å². The van der Waals surface area contributed by atoms with E-state index in [1.807, 2.05) is 11.0 Å². The molecule has 3 heterocycles. The Kier molecular flexibility index (Phi) is 4.89. The maximum absolute atomic E-state index is 12.8. The largest absolute Gasteiger partial charge is 0.383 e. The summed E-state index contributed by atoms with van der Waals surface area (Å²) in [7, 11) is 1.62. The Morgan fingerprint density at radius 2 is 2.00 bits per heavy atom. The Morgan fingerprint density at radius 3 is 2.82 bits per heavy atom. The van der Waals surface area contributed by atoms with Crippen molar-refractivity contribution < 1.29 is 14.3 Å². The highest BCUT2D eigenvalue weighted by atomic mass is 16.5. The second kappa shape index (κ2) is 7.35. The van der Waals surface area contributed by atoms with Crippen LogP contribution in [0.2, 0.25) is 0 Å². The molecule has 148 valence electrons. The molecule has 1 aromatic carbocycles. The predicted octanol–water partition coefficient (Wildman–Crippen LogP) is 0.494. The van der Waals surface area contributed by atoms with Crippen molar-refractivity contribution in [2.24, 2.45) is 5.41 Å². The van der Waals surface area contributed by atoms with Crippen LogP contribution in [0.4, 0.5) is 0 Å². The third-order valence-corrected chi connectivity index (χ3v) is 5.91. The highest BCUT2D eigenvalue weighted by Crippen LogP contribution is 2.40. The summed E-state index contributed by atoms with van der Waals surface area (Å²) in [5.41, 5.74) is -0.0877. The second-order valence-electron chi connectivity index (χ2n) is 7.58. The number of rotatable bonds is 5. The van der Waals surface area contributed by atoms with E-state index in [9.17, 15) is 14.4 Å². The smallest absolute Gasteiger partial charge is 0.261 e. The number of aromatic nitrogens is 2. The normalized spacial score (nSPS) is 22.0. The van der Waals surface area contributed by atoms with Gasteiger partial charge in [0.05, 0.1) is 29.3 Å². The van der Waals surface area contributed by atoms with E-state index >= 15 is 0 Å². The molecule has 0 saturated carbocycles. The van der Waals surface area contributed by atoms with Crippen molar-refractivity contribution in [2.45, 2.75) is 19.4 Å². The molecule has 2 aromatic rings. The Labute approximate surface area is 162 Å². The van der Waals surface area contributed by atoms with E-state index in [0.29, 0.717) is 50.1 Å². The molecule has 0 bridgehead atoms. The fourth-order valence-corrected chi connectivity index (χ4v) is 4.24. The Morgan fingerprint density at radius 1 is 1.21 bits per heavy atom. The van der Waals surface area contributed by atoms with E-state index in [1.165, 1.54) is 10.9 Å². The number of carbonyl (C=O) groups is 2. The second-order valence-corrected chi connectivity index (χ2v) is 7.58. The van der Waals surface area contributed by atoms with Gasteiger partial charge in [-0.05, 0) is 25.0 Å². The molecule has 2 amide bonds. The first kappa shape index (κ1) is 18.6. The number of nitrogens with zero attached hydrogens (tertiary/aromatic N) is 4. The summed E-state index contributed by atoms with van der Waals surface area (Å²) in [6, 6.07) is 7.09. The van der Waals surface area contributed by atoms with Crippen molar-refractivity contribution in [3.8, 4) is 0 Å². The van der Waals surface area contributed by atoms with Crippen molar-refractivity contribution in [3.05, 3.63) is 40.9 Å². The summed E-state index contributed by atoms with van der Waals surface area (Å²) in [5.74, 6) is -0.0383. The average Bonchev–Trinajstić information content (AvgIpc) is 3.28. The minimum Gasteiger partial charge on any atom is -0.383 e. The van der Waals surface area contributed by atoms with Crippen LogP contribution in [-0.2, 0) is 20.9 Å². The van der Waals surface area contributed by atoms with Gasteiger partial charge in [0.25, 0.3) is 5.56 Å². The van der Waals surface area contributed by atoms with Gasteiger partial charge in [0.15, 0.2) is 0 Å². The summed E-state index contributed by atoms with van der Waals surface area (Å²) in [6.45, 7) is 2.71. The first-order valence-electron chi connectivity index (χ1n) is 9.54. The molecular weight excluding hydrogens is 360 g/mol. The van der Waals surface area contributed by atoms with E-state index in [-0.39, 0.29) is 23.9 Å². The number of benzene rings is 1. The number of para-hydroxylation sites is 1. The highest BCUT2D eigenvalue weighted by molar-refractivity contribution is 5.87. The van der Waals surface area contributed by atoms with E-state index < -0.39 is 5.41 Å². The summed E-state index contributed by atoms with van der Waals surface area (Å²) in [4.78, 5) is 46.0. The zero-order valence-electron chi connectivity index (χ0n) is 16.0. The number of carbonyl (C=O) groups excluding carboxylic acids is 2. The highest BCUT2D eigenvalue weighted by Gasteiger charge is 2.51. The van der Waals surface area contributed by atoms with Crippen molar-refractivity contribution in [3.63, 3.8) is 0 Å². The standard InChI is InChI=1S/C20H24N4O4/c1-28-11-10-22-8-6-20(19(22)27)7-9-23(13-20)17(25)12-24-14-21-16-5-3-2-4-15(16)18(24)26/h2-5,14H,6-13H2,1H3. The van der Waals surface area contributed by atoms with Crippen molar-refractivity contribution >= 4 is 22.7 Å². The molecule has 2 aliphatic heterocycles. The van der Waals surface area contributed by atoms with Crippen LogP contribution < -0.4 is 5.56 Å². The fourth-order valence-electron chi connectivity index (χ4n) is 4.24. The summed E-state index contributed by atoms with van der Waals surface area (Å²) in [5, 5.41) is 0.496. The zero-order valence-corrected chi connectivity index (χ0v) is 16.0. The van der Waals surface area contributed by atoms with Crippen molar-refractivity contribution in [2.75, 3.05) is 39.9 Å². The lowest BCUT2D eigenvalue weighted by molar-refractivity contribution is -0.137. The summed E-state index contributed by atoms with van der Waals surface area (Å²) >= 11 is 0. The van der Waals surface area contributed by atoms with Crippen LogP contribution in [0.1, 0.15) is 12.8 Å². The molecule has 0 radical (unpaired) electrons. The molecule has 28 heavy (non-hydrogen) atoms. The number of ether oxygens (including phenoxy) is 1. The van der Waals surface area contributed by atoms with E-state index in [0.717, 1.165) is 6.42 Å². The maximum atomic E-state index is 12.8. The van der Waals surface area contributed by atoms with Gasteiger partial charge < -0.3 is 14.5 Å². The van der Waals surface area contributed by atoms with Gasteiger partial charge in [0, 0.05) is 33.3 Å². The molecule has 4 rings (SSSR count). The molecule has 0 N–H and O–H groups in total. The first-order chi connectivity index (χ1) is 13.5. The monoisotopic (exact) mass is 384 g/mol. The van der Waals surface area contributed by atoms with Gasteiger partial charge in [-0.1, -0.05) is 12.1 Å². The van der Waals surface area contributed by atoms with Gasteiger partial charge >= 0.3 is 0 Å². The Bertz CT molecular complexity index is 972. The number of hydrogen-bond donors (Lipinski definition) is 0. The lowest BCUT2D eigenvalue weighted by Crippen LogP contribution is -2.40. The maximum Gasteiger partial charge on any atom is 0.261 e. The first-order valence-corrected chi connectivity index (χ1v) is 9.54. The fraction of sp³-hybridized carbons (Fsp3) is 0.500. The molecule has 8 nitrogen and oxygen atoms in total. The molecule has 1 atom stereocenters. The van der Waals surface area contributed by atoms with E-state index in [1.54, 1.807) is 30.2 Å². The van der Waals surface area contributed by atoms with Crippen molar-refractivity contribution in [1.29, 1.82) is 0 Å². The minimum atomic E-state index is -0.476. The summed E-state index contributed by atoms with van der Waals surface area (Å²) in [6.07, 6.45) is 2.85. The van der Waals surface area contributed by atoms with E-state index in [4.69, 9.17) is 4.74 Å². The molecule has 2 saturated heterocycles. The molecule has 8 heteroatoms. The minimum absolute atomic E-state index is 0.0612. The molecule has 2 aliphatic rings. The van der Waals surface area contributed by atoms with Gasteiger partial charge in [0.1, 0.15) is 6.54 Å². The van der Waals surface area contributed by atoms with Gasteiger partial charge in [-0.15, -0.1) is 0 Å². The van der Waals surface area contributed by atoms with Gasteiger partial charge in [-0.2, -0.15) is 0 Å². The number of methoxy groups -OCH3 is 1. The molecule has 1 unspecified atom stereocenters. The average molecular weight is 384 g/mol. The van der Waals surface area contributed by atoms with Crippen LogP contribution in [0.25, 0.3) is 10.9 Å². The lowest BCUT2D eigenvalue weighted by atomic mass is 9.85. The third kappa shape index (κ3) is 3.17. The quantitative estimate of drug-likeness (QED) is 0.749. The molecule has 1 aromatic heterocycles. The lowest BCUT2D eigenvalue weighted by Gasteiger charge is -2.23. The Hall–Kier alpha value is -2.74. The third-order valence-electron chi connectivity index (χ3n) is 5.91. The van der Waals surface area contributed by atoms with E-state index in [2.05, 4.69) is 4.98 Å². The van der Waals surface area contributed by atoms with Crippen LogP contribution in [0, 0.1) is 5.41 Å². The molecule has 0 aliphatic carbocycles. The zero-order chi connectivity index (χ0) is 19.7. The molecular formula is C20H24N4O4. The number of likely N-dealkylation sites (tertiary alicyclic amines) is 2. The summed E-state index contributed by atoms with van der Waals surface area (Å²) < 4.78 is 6.42. The number of fused-ring (bicyclic) bond motifs is 1. The molecule has 1 spiro atoms. The van der Waals surface area contributed by atoms with Crippen LogP contribution in [0.3, 0.4) is 0 Å². The SMILES string of the molecule is COCCN1CCC2(CCN(C(=O)Cn3cnc4ccccc4c3=O)C2)C1=O. The van der Waals surface area contributed by atoms with Crippen LogP contribution in [0.5, 0.6) is 0 Å². The Balaban J connectivity index is 1.45. The number of hydrogen-bond acceptors (Lipinski definition) is 5. The predicted molar refractivity (Wildman–Crippen MR) is 103 cm³/mol. The number of amides is 2. The van der Waals surface area contributed by atoms with Gasteiger partial charge in [-0.25, -0.2) is 4.98 Å². The van der Waals surface area contributed by atoms with Crippen LogP contribution in [0.15, 0.2) is 35.4 Å². The van der Waals surface area contributed by atoms with Gasteiger partial charge in [-0.3, -0.25) is 19.0 Å². The molecule has 2 fully saturated rings. The topological polar surface area (TPSA) is 84.7 Å².